The highest BCUT2D eigenvalue weighted by Gasteiger charge is 2.37. The number of sulfonamides is 1. The van der Waals surface area contributed by atoms with Crippen molar-refractivity contribution in [3.63, 3.8) is 0 Å². The maximum Gasteiger partial charge on any atom is 0.244 e. The summed E-state index contributed by atoms with van der Waals surface area (Å²) in [4.78, 5) is 1.50. The maximum atomic E-state index is 12.8. The lowest BCUT2D eigenvalue weighted by Crippen LogP contribution is -2.48. The van der Waals surface area contributed by atoms with Crippen molar-refractivity contribution in [3.05, 3.63) is 16.3 Å². The molecule has 3 atom stereocenters. The Labute approximate surface area is 126 Å². The summed E-state index contributed by atoms with van der Waals surface area (Å²) in [6.07, 6.45) is 1.10. The van der Waals surface area contributed by atoms with Crippen molar-refractivity contribution < 1.29 is 8.42 Å². The number of thiophene rings is 1. The molecule has 1 aliphatic rings. The smallest absolute Gasteiger partial charge is 0.244 e. The number of rotatable bonds is 4. The van der Waals surface area contributed by atoms with Crippen LogP contribution in [0.15, 0.2) is 16.3 Å². The van der Waals surface area contributed by atoms with E-state index >= 15 is 0 Å². The lowest BCUT2D eigenvalue weighted by Gasteiger charge is -2.39. The van der Waals surface area contributed by atoms with Crippen LogP contribution in [0.3, 0.4) is 0 Å². The summed E-state index contributed by atoms with van der Waals surface area (Å²) in [5.41, 5.74) is 0. The average molecular weight is 316 g/mol. The highest BCUT2D eigenvalue weighted by atomic mass is 32.2. The standard InChI is InChI=1S/C14H24N2O2S2/c1-10-5-11(2)12(3)16(8-10)20(17,18)14-6-13(7-15-4)19-9-14/h6,9-12,15H,5,7-8H2,1-4H3. The van der Waals surface area contributed by atoms with Crippen LogP contribution in [0.4, 0.5) is 0 Å². The van der Waals surface area contributed by atoms with Crippen LogP contribution in [0, 0.1) is 11.8 Å². The van der Waals surface area contributed by atoms with Gasteiger partial charge in [-0.2, -0.15) is 4.31 Å². The molecule has 1 aliphatic heterocycles. The topological polar surface area (TPSA) is 49.4 Å². The van der Waals surface area contributed by atoms with Gasteiger partial charge in [-0.1, -0.05) is 13.8 Å². The third-order valence-corrected chi connectivity index (χ3v) is 7.15. The van der Waals surface area contributed by atoms with E-state index in [9.17, 15) is 8.42 Å². The van der Waals surface area contributed by atoms with Crippen LogP contribution in [0.25, 0.3) is 0 Å². The summed E-state index contributed by atoms with van der Waals surface area (Å²) in [6, 6.07) is 1.87. The molecule has 1 saturated heterocycles. The zero-order valence-electron chi connectivity index (χ0n) is 12.6. The van der Waals surface area contributed by atoms with Crippen molar-refractivity contribution in [2.45, 2.75) is 44.7 Å². The molecule has 1 aromatic heterocycles. The zero-order valence-corrected chi connectivity index (χ0v) is 14.2. The van der Waals surface area contributed by atoms with Crippen molar-refractivity contribution in [2.75, 3.05) is 13.6 Å². The highest BCUT2D eigenvalue weighted by Crippen LogP contribution is 2.32. The Morgan fingerprint density at radius 3 is 2.75 bits per heavy atom. The van der Waals surface area contributed by atoms with Crippen molar-refractivity contribution in [1.82, 2.24) is 9.62 Å². The SMILES string of the molecule is CNCc1cc(S(=O)(=O)N2CC(C)CC(C)C2C)cs1. The monoisotopic (exact) mass is 316 g/mol. The number of hydrogen-bond acceptors (Lipinski definition) is 4. The molecule has 2 rings (SSSR count). The molecular weight excluding hydrogens is 292 g/mol. The van der Waals surface area contributed by atoms with E-state index in [0.29, 0.717) is 29.8 Å². The first-order valence-electron chi connectivity index (χ1n) is 7.10. The minimum absolute atomic E-state index is 0.0730. The minimum atomic E-state index is -3.36. The summed E-state index contributed by atoms with van der Waals surface area (Å²) in [6.45, 7) is 7.64. The van der Waals surface area contributed by atoms with Gasteiger partial charge in [0.05, 0.1) is 4.90 Å². The average Bonchev–Trinajstić information content (AvgIpc) is 2.83. The lowest BCUT2D eigenvalue weighted by atomic mass is 9.88. The van der Waals surface area contributed by atoms with Crippen LogP contribution < -0.4 is 5.32 Å². The molecule has 1 fully saturated rings. The first-order chi connectivity index (χ1) is 9.36. The summed E-state index contributed by atoms with van der Waals surface area (Å²) in [7, 11) is -1.49. The predicted molar refractivity (Wildman–Crippen MR) is 83.4 cm³/mol. The molecular formula is C14H24N2O2S2. The molecule has 0 spiro atoms. The van der Waals surface area contributed by atoms with Gasteiger partial charge in [0.15, 0.2) is 0 Å². The van der Waals surface area contributed by atoms with Gasteiger partial charge in [0, 0.05) is 29.4 Å². The Balaban J connectivity index is 2.28. The van der Waals surface area contributed by atoms with Gasteiger partial charge < -0.3 is 5.32 Å². The van der Waals surface area contributed by atoms with Crippen LogP contribution in [0.5, 0.6) is 0 Å². The summed E-state index contributed by atoms with van der Waals surface area (Å²) in [5, 5.41) is 4.82. The third kappa shape index (κ3) is 3.08. The lowest BCUT2D eigenvalue weighted by molar-refractivity contribution is 0.157. The van der Waals surface area contributed by atoms with Crippen LogP contribution in [-0.2, 0) is 16.6 Å². The van der Waals surface area contributed by atoms with Gasteiger partial charge in [-0.05, 0) is 38.3 Å². The second kappa shape index (κ2) is 6.13. The van der Waals surface area contributed by atoms with Gasteiger partial charge in [0.25, 0.3) is 0 Å². The zero-order chi connectivity index (χ0) is 14.9. The van der Waals surface area contributed by atoms with E-state index in [1.54, 1.807) is 15.8 Å². The summed E-state index contributed by atoms with van der Waals surface area (Å²) >= 11 is 1.50. The first-order valence-corrected chi connectivity index (χ1v) is 9.42. The molecule has 4 nitrogen and oxygen atoms in total. The molecule has 2 heterocycles. The van der Waals surface area contributed by atoms with Gasteiger partial charge >= 0.3 is 0 Å². The summed E-state index contributed by atoms with van der Waals surface area (Å²) < 4.78 is 27.3. The molecule has 114 valence electrons. The second-order valence-corrected chi connectivity index (χ2v) is 8.80. The summed E-state index contributed by atoms with van der Waals surface area (Å²) in [5.74, 6) is 0.829. The van der Waals surface area contributed by atoms with Gasteiger partial charge in [-0.15, -0.1) is 11.3 Å². The fourth-order valence-corrected chi connectivity index (χ4v) is 6.00. The van der Waals surface area contributed by atoms with E-state index in [1.165, 1.54) is 11.3 Å². The number of nitrogens with one attached hydrogen (secondary N) is 1. The Bertz CT molecular complexity index is 553. The molecule has 6 heteroatoms. The minimum Gasteiger partial charge on any atom is -0.315 e. The molecule has 0 aromatic carbocycles. The van der Waals surface area contributed by atoms with Crippen molar-refractivity contribution in [3.8, 4) is 0 Å². The van der Waals surface area contributed by atoms with E-state index in [0.717, 1.165) is 11.3 Å². The second-order valence-electron chi connectivity index (χ2n) is 5.91. The molecule has 0 amide bonds. The molecule has 0 aliphatic carbocycles. The van der Waals surface area contributed by atoms with E-state index in [1.807, 2.05) is 14.0 Å². The molecule has 20 heavy (non-hydrogen) atoms. The largest absolute Gasteiger partial charge is 0.315 e. The van der Waals surface area contributed by atoms with Crippen molar-refractivity contribution in [1.29, 1.82) is 0 Å². The molecule has 0 saturated carbocycles. The van der Waals surface area contributed by atoms with E-state index in [4.69, 9.17) is 0 Å². The number of hydrogen-bond donors (Lipinski definition) is 1. The van der Waals surface area contributed by atoms with Crippen LogP contribution >= 0.6 is 11.3 Å². The first kappa shape index (κ1) is 15.9. The highest BCUT2D eigenvalue weighted by molar-refractivity contribution is 7.89. The van der Waals surface area contributed by atoms with Crippen LogP contribution in [0.2, 0.25) is 0 Å². The normalized spacial score (nSPS) is 28.7. The van der Waals surface area contributed by atoms with Crippen molar-refractivity contribution >= 4 is 21.4 Å². The van der Waals surface area contributed by atoms with E-state index < -0.39 is 10.0 Å². The Morgan fingerprint density at radius 2 is 2.10 bits per heavy atom. The number of nitrogens with zero attached hydrogens (tertiary/aromatic N) is 1. The molecule has 1 N–H and O–H groups in total. The third-order valence-electron chi connectivity index (χ3n) is 4.13. The molecule has 3 unspecified atom stereocenters. The van der Waals surface area contributed by atoms with E-state index in [-0.39, 0.29) is 6.04 Å². The molecule has 0 radical (unpaired) electrons. The van der Waals surface area contributed by atoms with E-state index in [2.05, 4.69) is 19.2 Å². The molecule has 0 bridgehead atoms. The van der Waals surface area contributed by atoms with Gasteiger partial charge in [0.2, 0.25) is 10.0 Å². The molecule has 1 aromatic rings. The Morgan fingerprint density at radius 1 is 1.40 bits per heavy atom. The quantitative estimate of drug-likeness (QED) is 0.928. The van der Waals surface area contributed by atoms with Crippen LogP contribution in [0.1, 0.15) is 32.1 Å². The Hall–Kier alpha value is -0.430. The maximum absolute atomic E-state index is 12.8. The number of piperidine rings is 1. The van der Waals surface area contributed by atoms with Crippen molar-refractivity contribution in [2.24, 2.45) is 11.8 Å². The van der Waals surface area contributed by atoms with Gasteiger partial charge in [0.1, 0.15) is 0 Å². The predicted octanol–water partition coefficient (Wildman–Crippen LogP) is 2.52. The Kier molecular flexibility index (Phi) is 4.89. The van der Waals surface area contributed by atoms with Crippen LogP contribution in [-0.4, -0.2) is 32.4 Å². The van der Waals surface area contributed by atoms with Gasteiger partial charge in [-0.25, -0.2) is 8.42 Å². The fourth-order valence-electron chi connectivity index (χ4n) is 2.88. The fraction of sp³-hybridized carbons (Fsp3) is 0.714. The van der Waals surface area contributed by atoms with Gasteiger partial charge in [-0.3, -0.25) is 0 Å².